The number of hydrogen-bond acceptors (Lipinski definition) is 2. The van der Waals surface area contributed by atoms with E-state index in [1.54, 1.807) is 0 Å². The molecule has 0 bridgehead atoms. The molecule has 0 radical (unpaired) electrons. The van der Waals surface area contributed by atoms with Crippen LogP contribution in [0.1, 0.15) is 34.1 Å². The van der Waals surface area contributed by atoms with Gasteiger partial charge in [0.2, 0.25) is 5.91 Å². The maximum absolute atomic E-state index is 11.1. The van der Waals surface area contributed by atoms with Gasteiger partial charge in [-0.3, -0.25) is 4.79 Å². The van der Waals surface area contributed by atoms with Gasteiger partial charge in [0.05, 0.1) is 0 Å². The van der Waals surface area contributed by atoms with Gasteiger partial charge in [-0.2, -0.15) is 11.8 Å². The standard InChI is InChI=1S/C10H21NOS/c1-8(2)10(12)11-6-5-7-13-9(3)4/h8-9H,5-7H2,1-4H3,(H,11,12). The van der Waals surface area contributed by atoms with Crippen LogP contribution in [0.4, 0.5) is 0 Å². The molecule has 0 aromatic rings. The smallest absolute Gasteiger partial charge is 0.222 e. The second kappa shape index (κ2) is 7.25. The minimum atomic E-state index is 0.109. The zero-order valence-electron chi connectivity index (χ0n) is 9.09. The molecule has 0 atom stereocenters. The van der Waals surface area contributed by atoms with Gasteiger partial charge in [-0.05, 0) is 17.4 Å². The summed E-state index contributed by atoms with van der Waals surface area (Å²) in [7, 11) is 0. The summed E-state index contributed by atoms with van der Waals surface area (Å²) in [4.78, 5) is 11.1. The Bertz CT molecular complexity index is 146. The molecule has 1 amide bonds. The number of nitrogens with one attached hydrogen (secondary N) is 1. The summed E-state index contributed by atoms with van der Waals surface area (Å²) in [6, 6.07) is 0. The Kier molecular flexibility index (Phi) is 7.14. The monoisotopic (exact) mass is 203 g/mol. The molecule has 0 aromatic heterocycles. The molecule has 3 heteroatoms. The lowest BCUT2D eigenvalue weighted by atomic mass is 10.2. The molecular formula is C10H21NOS. The Morgan fingerprint density at radius 3 is 2.38 bits per heavy atom. The largest absolute Gasteiger partial charge is 0.356 e. The molecule has 0 spiro atoms. The molecule has 1 N–H and O–H groups in total. The van der Waals surface area contributed by atoms with Crippen molar-refractivity contribution in [1.29, 1.82) is 0 Å². The molecule has 2 nitrogen and oxygen atoms in total. The Morgan fingerprint density at radius 1 is 1.31 bits per heavy atom. The van der Waals surface area contributed by atoms with Crippen molar-refractivity contribution in [3.05, 3.63) is 0 Å². The van der Waals surface area contributed by atoms with Crippen molar-refractivity contribution in [2.24, 2.45) is 5.92 Å². The van der Waals surface area contributed by atoms with E-state index in [2.05, 4.69) is 19.2 Å². The highest BCUT2D eigenvalue weighted by molar-refractivity contribution is 7.99. The fourth-order valence-corrected chi connectivity index (χ4v) is 1.59. The molecule has 0 aliphatic carbocycles. The summed E-state index contributed by atoms with van der Waals surface area (Å²) in [5.41, 5.74) is 0. The van der Waals surface area contributed by atoms with Crippen LogP contribution in [0.5, 0.6) is 0 Å². The van der Waals surface area contributed by atoms with E-state index in [9.17, 15) is 4.79 Å². The number of hydrogen-bond donors (Lipinski definition) is 1. The van der Waals surface area contributed by atoms with Crippen LogP contribution in [0.15, 0.2) is 0 Å². The van der Waals surface area contributed by atoms with E-state index in [-0.39, 0.29) is 11.8 Å². The average Bonchev–Trinajstić information content (AvgIpc) is 2.02. The summed E-state index contributed by atoms with van der Waals surface area (Å²) < 4.78 is 0. The normalized spacial score (nSPS) is 10.9. The first kappa shape index (κ1) is 12.8. The summed E-state index contributed by atoms with van der Waals surface area (Å²) >= 11 is 1.94. The van der Waals surface area contributed by atoms with Gasteiger partial charge in [-0.25, -0.2) is 0 Å². The first-order valence-corrected chi connectivity index (χ1v) is 5.98. The van der Waals surface area contributed by atoms with Crippen molar-refractivity contribution >= 4 is 17.7 Å². The zero-order valence-corrected chi connectivity index (χ0v) is 9.91. The van der Waals surface area contributed by atoms with E-state index in [1.807, 2.05) is 25.6 Å². The molecular weight excluding hydrogens is 182 g/mol. The molecule has 13 heavy (non-hydrogen) atoms. The lowest BCUT2D eigenvalue weighted by molar-refractivity contribution is -0.123. The minimum Gasteiger partial charge on any atom is -0.356 e. The Hall–Kier alpha value is -0.180. The van der Waals surface area contributed by atoms with Gasteiger partial charge in [0.15, 0.2) is 0 Å². The van der Waals surface area contributed by atoms with E-state index in [1.165, 1.54) is 0 Å². The third-order valence-corrected chi connectivity index (χ3v) is 2.79. The van der Waals surface area contributed by atoms with Crippen molar-refractivity contribution in [2.45, 2.75) is 39.4 Å². The summed E-state index contributed by atoms with van der Waals surface area (Å²) in [6.45, 7) is 9.03. The summed E-state index contributed by atoms with van der Waals surface area (Å²) in [6.07, 6.45) is 1.07. The number of carbonyl (C=O) groups is 1. The van der Waals surface area contributed by atoms with E-state index in [0.717, 1.165) is 18.7 Å². The SMILES string of the molecule is CC(C)SCCCNC(=O)C(C)C. The van der Waals surface area contributed by atoms with Crippen LogP contribution >= 0.6 is 11.8 Å². The molecule has 0 unspecified atom stereocenters. The van der Waals surface area contributed by atoms with Crippen LogP contribution < -0.4 is 5.32 Å². The first-order valence-electron chi connectivity index (χ1n) is 4.93. The third-order valence-electron chi connectivity index (χ3n) is 1.60. The zero-order chi connectivity index (χ0) is 10.3. The maximum Gasteiger partial charge on any atom is 0.222 e. The van der Waals surface area contributed by atoms with Gasteiger partial charge in [0, 0.05) is 12.5 Å². The van der Waals surface area contributed by atoms with Crippen LogP contribution in [0.25, 0.3) is 0 Å². The molecule has 0 heterocycles. The van der Waals surface area contributed by atoms with Crippen LogP contribution in [0.2, 0.25) is 0 Å². The molecule has 0 saturated heterocycles. The Labute approximate surface area is 85.9 Å². The van der Waals surface area contributed by atoms with E-state index >= 15 is 0 Å². The summed E-state index contributed by atoms with van der Waals surface area (Å²) in [5, 5.41) is 3.60. The van der Waals surface area contributed by atoms with Crippen molar-refractivity contribution in [1.82, 2.24) is 5.32 Å². The third kappa shape index (κ3) is 8.16. The predicted octanol–water partition coefficient (Wildman–Crippen LogP) is 2.29. The van der Waals surface area contributed by atoms with E-state index < -0.39 is 0 Å². The highest BCUT2D eigenvalue weighted by Gasteiger charge is 2.04. The van der Waals surface area contributed by atoms with Crippen LogP contribution in [-0.4, -0.2) is 23.5 Å². The van der Waals surface area contributed by atoms with Gasteiger partial charge < -0.3 is 5.32 Å². The summed E-state index contributed by atoms with van der Waals surface area (Å²) in [5.74, 6) is 1.41. The number of rotatable bonds is 6. The molecule has 0 fully saturated rings. The Morgan fingerprint density at radius 2 is 1.92 bits per heavy atom. The van der Waals surface area contributed by atoms with Gasteiger partial charge in [0.25, 0.3) is 0 Å². The fourth-order valence-electron chi connectivity index (χ4n) is 0.807. The number of thioether (sulfide) groups is 1. The van der Waals surface area contributed by atoms with Crippen LogP contribution in [-0.2, 0) is 4.79 Å². The molecule has 0 aliphatic rings. The minimum absolute atomic E-state index is 0.109. The molecule has 0 rings (SSSR count). The van der Waals surface area contributed by atoms with E-state index in [4.69, 9.17) is 0 Å². The second-order valence-electron chi connectivity index (χ2n) is 3.72. The van der Waals surface area contributed by atoms with E-state index in [0.29, 0.717) is 5.25 Å². The average molecular weight is 203 g/mol. The quantitative estimate of drug-likeness (QED) is 0.671. The molecule has 0 aromatic carbocycles. The van der Waals surface area contributed by atoms with Crippen LogP contribution in [0.3, 0.4) is 0 Å². The van der Waals surface area contributed by atoms with Crippen molar-refractivity contribution in [3.63, 3.8) is 0 Å². The predicted molar refractivity (Wildman–Crippen MR) is 60.1 cm³/mol. The van der Waals surface area contributed by atoms with Gasteiger partial charge in [0.1, 0.15) is 0 Å². The topological polar surface area (TPSA) is 29.1 Å². The van der Waals surface area contributed by atoms with Crippen molar-refractivity contribution in [2.75, 3.05) is 12.3 Å². The lowest BCUT2D eigenvalue weighted by Gasteiger charge is -2.08. The Balaban J connectivity index is 3.21. The highest BCUT2D eigenvalue weighted by atomic mass is 32.2. The van der Waals surface area contributed by atoms with Crippen LogP contribution in [0, 0.1) is 5.92 Å². The van der Waals surface area contributed by atoms with Gasteiger partial charge in [-0.1, -0.05) is 27.7 Å². The molecule has 0 aliphatic heterocycles. The van der Waals surface area contributed by atoms with Gasteiger partial charge >= 0.3 is 0 Å². The highest BCUT2D eigenvalue weighted by Crippen LogP contribution is 2.09. The fraction of sp³-hybridized carbons (Fsp3) is 0.900. The first-order chi connectivity index (χ1) is 6.04. The molecule has 78 valence electrons. The van der Waals surface area contributed by atoms with Crippen molar-refractivity contribution < 1.29 is 4.79 Å². The second-order valence-corrected chi connectivity index (χ2v) is 5.40. The molecule has 0 saturated carbocycles. The lowest BCUT2D eigenvalue weighted by Crippen LogP contribution is -2.28. The number of amides is 1. The van der Waals surface area contributed by atoms with Gasteiger partial charge in [-0.15, -0.1) is 0 Å². The van der Waals surface area contributed by atoms with Crippen molar-refractivity contribution in [3.8, 4) is 0 Å². The number of carbonyl (C=O) groups excluding carboxylic acids is 1. The maximum atomic E-state index is 11.1.